The predicted molar refractivity (Wildman–Crippen MR) is 71.7 cm³/mol. The molecule has 1 heterocycles. The van der Waals surface area contributed by atoms with Crippen LogP contribution in [-0.2, 0) is 0 Å². The molecular formula is C12H16N2O2S. The van der Waals surface area contributed by atoms with Crippen molar-refractivity contribution in [3.63, 3.8) is 0 Å². The summed E-state index contributed by atoms with van der Waals surface area (Å²) in [5.41, 5.74) is 1.87. The summed E-state index contributed by atoms with van der Waals surface area (Å²) >= 11 is 1.95. The Labute approximate surface area is 105 Å². The number of anilines is 1. The van der Waals surface area contributed by atoms with Gasteiger partial charge in [0.25, 0.3) is 5.69 Å². The van der Waals surface area contributed by atoms with Crippen molar-refractivity contribution in [3.05, 3.63) is 33.9 Å². The number of benzene rings is 1. The van der Waals surface area contributed by atoms with Crippen molar-refractivity contribution in [3.8, 4) is 0 Å². The highest BCUT2D eigenvalue weighted by Crippen LogP contribution is 2.28. The lowest BCUT2D eigenvalue weighted by molar-refractivity contribution is -0.385. The Hall–Kier alpha value is -1.23. The van der Waals surface area contributed by atoms with Crippen LogP contribution in [0, 0.1) is 23.0 Å². The molecule has 0 spiro atoms. The van der Waals surface area contributed by atoms with Crippen LogP contribution in [-0.4, -0.2) is 22.5 Å². The minimum absolute atomic E-state index is 0.185. The van der Waals surface area contributed by atoms with Crippen molar-refractivity contribution in [2.75, 3.05) is 16.8 Å². The van der Waals surface area contributed by atoms with Gasteiger partial charge in [0.1, 0.15) is 0 Å². The van der Waals surface area contributed by atoms with E-state index in [2.05, 4.69) is 12.2 Å². The van der Waals surface area contributed by atoms with Gasteiger partial charge in [0.15, 0.2) is 0 Å². The Bertz CT molecular complexity index is 437. The molecule has 1 saturated heterocycles. The summed E-state index contributed by atoms with van der Waals surface area (Å²) in [5.74, 6) is 2.94. The number of nitrogens with zero attached hydrogens (tertiary/aromatic N) is 1. The molecule has 0 radical (unpaired) electrons. The van der Waals surface area contributed by atoms with Crippen molar-refractivity contribution >= 4 is 23.1 Å². The zero-order valence-electron chi connectivity index (χ0n) is 9.97. The molecule has 0 aliphatic carbocycles. The summed E-state index contributed by atoms with van der Waals surface area (Å²) in [6, 6.07) is 5.69. The summed E-state index contributed by atoms with van der Waals surface area (Å²) in [5, 5.41) is 14.2. The molecule has 1 aromatic rings. The van der Waals surface area contributed by atoms with Gasteiger partial charge in [0.05, 0.1) is 4.92 Å². The smallest absolute Gasteiger partial charge is 0.272 e. The van der Waals surface area contributed by atoms with Crippen molar-refractivity contribution in [1.29, 1.82) is 0 Å². The SMILES string of the molecule is Cc1cc(NC2CSCC2C)ccc1[N+](=O)[O-]. The normalized spacial score (nSPS) is 23.6. The molecule has 1 aromatic carbocycles. The molecule has 0 amide bonds. The van der Waals surface area contributed by atoms with Gasteiger partial charge in [0, 0.05) is 29.1 Å². The van der Waals surface area contributed by atoms with Gasteiger partial charge in [-0.25, -0.2) is 0 Å². The zero-order valence-corrected chi connectivity index (χ0v) is 10.8. The highest BCUT2D eigenvalue weighted by atomic mass is 32.2. The minimum atomic E-state index is -0.340. The van der Waals surface area contributed by atoms with E-state index in [0.717, 1.165) is 11.4 Å². The second kappa shape index (κ2) is 4.96. The number of rotatable bonds is 3. The molecular weight excluding hydrogens is 236 g/mol. The molecule has 92 valence electrons. The Kier molecular flexibility index (Phi) is 3.57. The molecule has 2 unspecified atom stereocenters. The van der Waals surface area contributed by atoms with Gasteiger partial charge in [-0.3, -0.25) is 10.1 Å². The van der Waals surface area contributed by atoms with E-state index < -0.39 is 0 Å². The Balaban J connectivity index is 2.12. The third kappa shape index (κ3) is 2.72. The molecule has 2 atom stereocenters. The van der Waals surface area contributed by atoms with Crippen LogP contribution in [0.25, 0.3) is 0 Å². The van der Waals surface area contributed by atoms with Gasteiger partial charge < -0.3 is 5.32 Å². The second-order valence-electron chi connectivity index (χ2n) is 4.52. The first-order valence-electron chi connectivity index (χ1n) is 5.67. The van der Waals surface area contributed by atoms with E-state index in [9.17, 15) is 10.1 Å². The van der Waals surface area contributed by atoms with E-state index in [4.69, 9.17) is 0 Å². The summed E-state index contributed by atoms with van der Waals surface area (Å²) in [7, 11) is 0. The van der Waals surface area contributed by atoms with Crippen LogP contribution >= 0.6 is 11.8 Å². The van der Waals surface area contributed by atoms with Gasteiger partial charge in [-0.05, 0) is 30.7 Å². The summed E-state index contributed by atoms with van der Waals surface area (Å²) in [6.07, 6.45) is 0. The Morgan fingerprint density at radius 3 is 2.76 bits per heavy atom. The lowest BCUT2D eigenvalue weighted by Gasteiger charge is -2.18. The maximum absolute atomic E-state index is 10.7. The summed E-state index contributed by atoms with van der Waals surface area (Å²) in [4.78, 5) is 10.4. The Morgan fingerprint density at radius 2 is 2.24 bits per heavy atom. The quantitative estimate of drug-likeness (QED) is 0.663. The third-order valence-electron chi connectivity index (χ3n) is 3.11. The first-order chi connectivity index (χ1) is 8.08. The van der Waals surface area contributed by atoms with Gasteiger partial charge in [0.2, 0.25) is 0 Å². The highest BCUT2D eigenvalue weighted by Gasteiger charge is 2.23. The van der Waals surface area contributed by atoms with Crippen LogP contribution in [0.3, 0.4) is 0 Å². The van der Waals surface area contributed by atoms with E-state index >= 15 is 0 Å². The van der Waals surface area contributed by atoms with E-state index in [1.165, 1.54) is 5.75 Å². The number of aryl methyl sites for hydroxylation is 1. The summed E-state index contributed by atoms with van der Waals surface area (Å²) < 4.78 is 0. The maximum atomic E-state index is 10.7. The monoisotopic (exact) mass is 252 g/mol. The topological polar surface area (TPSA) is 55.2 Å². The van der Waals surface area contributed by atoms with E-state index in [1.54, 1.807) is 19.1 Å². The fraction of sp³-hybridized carbons (Fsp3) is 0.500. The number of nitro benzene ring substituents is 1. The lowest BCUT2D eigenvalue weighted by atomic mass is 10.1. The number of hydrogen-bond acceptors (Lipinski definition) is 4. The van der Waals surface area contributed by atoms with Crippen LogP contribution in [0.5, 0.6) is 0 Å². The highest BCUT2D eigenvalue weighted by molar-refractivity contribution is 7.99. The van der Waals surface area contributed by atoms with Crippen molar-refractivity contribution < 1.29 is 4.92 Å². The van der Waals surface area contributed by atoms with E-state index in [1.807, 2.05) is 17.8 Å². The largest absolute Gasteiger partial charge is 0.381 e. The average Bonchev–Trinajstić information content (AvgIpc) is 2.64. The molecule has 1 N–H and O–H groups in total. The fourth-order valence-corrected chi connectivity index (χ4v) is 3.42. The number of nitro groups is 1. The second-order valence-corrected chi connectivity index (χ2v) is 5.60. The van der Waals surface area contributed by atoms with Gasteiger partial charge in [-0.15, -0.1) is 0 Å². The number of hydrogen-bond donors (Lipinski definition) is 1. The van der Waals surface area contributed by atoms with Crippen LogP contribution < -0.4 is 5.32 Å². The van der Waals surface area contributed by atoms with Crippen LogP contribution in [0.1, 0.15) is 12.5 Å². The van der Waals surface area contributed by atoms with E-state index in [-0.39, 0.29) is 10.6 Å². The number of thioether (sulfide) groups is 1. The molecule has 1 fully saturated rings. The molecule has 1 aliphatic rings. The molecule has 17 heavy (non-hydrogen) atoms. The lowest BCUT2D eigenvalue weighted by Crippen LogP contribution is -2.25. The molecule has 4 nitrogen and oxygen atoms in total. The number of nitrogens with one attached hydrogen (secondary N) is 1. The third-order valence-corrected chi connectivity index (χ3v) is 4.47. The summed E-state index contributed by atoms with van der Waals surface area (Å²) in [6.45, 7) is 4.01. The van der Waals surface area contributed by atoms with Crippen molar-refractivity contribution in [2.45, 2.75) is 19.9 Å². The standard InChI is InChI=1S/C12H16N2O2S/c1-8-5-10(3-4-12(8)14(15)16)13-11-7-17-6-9(11)2/h3-5,9,11,13H,6-7H2,1-2H3. The first kappa shape index (κ1) is 12.2. The zero-order chi connectivity index (χ0) is 12.4. The van der Waals surface area contributed by atoms with Crippen molar-refractivity contribution in [1.82, 2.24) is 0 Å². The predicted octanol–water partition coefficient (Wildman–Crippen LogP) is 3.07. The first-order valence-corrected chi connectivity index (χ1v) is 6.82. The molecule has 5 heteroatoms. The maximum Gasteiger partial charge on any atom is 0.272 e. The molecule has 0 aromatic heterocycles. The average molecular weight is 252 g/mol. The molecule has 2 rings (SSSR count). The van der Waals surface area contributed by atoms with Gasteiger partial charge in [-0.1, -0.05) is 6.92 Å². The van der Waals surface area contributed by atoms with Crippen LogP contribution in [0.15, 0.2) is 18.2 Å². The molecule has 1 aliphatic heterocycles. The van der Waals surface area contributed by atoms with Crippen LogP contribution in [0.2, 0.25) is 0 Å². The van der Waals surface area contributed by atoms with Gasteiger partial charge in [-0.2, -0.15) is 11.8 Å². The van der Waals surface area contributed by atoms with E-state index in [0.29, 0.717) is 17.5 Å². The fourth-order valence-electron chi connectivity index (χ4n) is 2.01. The Morgan fingerprint density at radius 1 is 1.47 bits per heavy atom. The van der Waals surface area contributed by atoms with Gasteiger partial charge >= 0.3 is 0 Å². The minimum Gasteiger partial charge on any atom is -0.381 e. The van der Waals surface area contributed by atoms with Crippen molar-refractivity contribution in [2.24, 2.45) is 5.92 Å². The molecule has 0 bridgehead atoms. The molecule has 0 saturated carbocycles. The van der Waals surface area contributed by atoms with Crippen LogP contribution in [0.4, 0.5) is 11.4 Å².